The molecular formula is C18H20N2O3. The Hall–Kier alpha value is -2.40. The molecule has 1 aromatic heterocycles. The maximum atomic E-state index is 12.6. The van der Waals surface area contributed by atoms with Crippen LogP contribution in [0.4, 0.5) is 0 Å². The first-order valence-corrected chi connectivity index (χ1v) is 7.79. The van der Waals surface area contributed by atoms with Crippen LogP contribution in [0, 0.1) is 5.92 Å². The predicted molar refractivity (Wildman–Crippen MR) is 86.4 cm³/mol. The zero-order valence-corrected chi connectivity index (χ0v) is 13.1. The molecule has 1 saturated heterocycles. The normalized spacial score (nSPS) is 18.7. The number of rotatable bonds is 4. The van der Waals surface area contributed by atoms with E-state index in [0.717, 1.165) is 6.42 Å². The smallest absolute Gasteiger partial charge is 0.253 e. The Kier molecular flexibility index (Phi) is 4.57. The van der Waals surface area contributed by atoms with Gasteiger partial charge in [0.2, 0.25) is 0 Å². The largest absolute Gasteiger partial charge is 0.457 e. The monoisotopic (exact) mass is 312 g/mol. The number of aliphatic hydroxyl groups excluding tert-OH is 1. The van der Waals surface area contributed by atoms with Crippen molar-refractivity contribution in [2.24, 2.45) is 5.92 Å². The number of carbonyl (C=O) groups excluding carboxylic acids is 1. The van der Waals surface area contributed by atoms with Gasteiger partial charge in [0.25, 0.3) is 5.91 Å². The number of pyridine rings is 1. The minimum absolute atomic E-state index is 0.0201. The number of aliphatic hydroxyl groups is 1. The van der Waals surface area contributed by atoms with Gasteiger partial charge >= 0.3 is 0 Å². The topological polar surface area (TPSA) is 62.7 Å². The maximum Gasteiger partial charge on any atom is 0.253 e. The third kappa shape index (κ3) is 3.68. The number of amides is 1. The van der Waals surface area contributed by atoms with Crippen molar-refractivity contribution in [1.82, 2.24) is 9.88 Å². The Morgan fingerprint density at radius 3 is 2.78 bits per heavy atom. The number of carbonyl (C=O) groups is 1. The molecule has 2 unspecified atom stereocenters. The van der Waals surface area contributed by atoms with Gasteiger partial charge < -0.3 is 14.7 Å². The molecule has 0 radical (unpaired) electrons. The van der Waals surface area contributed by atoms with Crippen molar-refractivity contribution in [3.63, 3.8) is 0 Å². The number of benzene rings is 1. The molecule has 0 aliphatic carbocycles. The molecule has 5 heteroatoms. The summed E-state index contributed by atoms with van der Waals surface area (Å²) < 4.78 is 5.74. The second-order valence-corrected chi connectivity index (χ2v) is 5.85. The fourth-order valence-electron chi connectivity index (χ4n) is 2.78. The summed E-state index contributed by atoms with van der Waals surface area (Å²) in [6.07, 6.45) is 3.78. The predicted octanol–water partition coefficient (Wildman–Crippen LogP) is 2.72. The van der Waals surface area contributed by atoms with Gasteiger partial charge in [-0.2, -0.15) is 0 Å². The molecule has 0 saturated carbocycles. The maximum absolute atomic E-state index is 12.6. The van der Waals surface area contributed by atoms with Crippen LogP contribution < -0.4 is 4.74 Å². The third-order valence-electron chi connectivity index (χ3n) is 4.16. The van der Waals surface area contributed by atoms with Crippen molar-refractivity contribution in [1.29, 1.82) is 0 Å². The molecule has 1 aliphatic heterocycles. The fourth-order valence-corrected chi connectivity index (χ4v) is 2.78. The lowest BCUT2D eigenvalue weighted by molar-refractivity contribution is 0.0762. The van der Waals surface area contributed by atoms with Gasteiger partial charge in [-0.1, -0.05) is 6.07 Å². The molecule has 2 aromatic rings. The van der Waals surface area contributed by atoms with Crippen LogP contribution in [0.15, 0.2) is 48.8 Å². The van der Waals surface area contributed by atoms with E-state index >= 15 is 0 Å². The lowest BCUT2D eigenvalue weighted by atomic mass is 10.0. The molecule has 23 heavy (non-hydrogen) atoms. The minimum Gasteiger partial charge on any atom is -0.457 e. The van der Waals surface area contributed by atoms with Gasteiger partial charge in [0.1, 0.15) is 11.5 Å². The van der Waals surface area contributed by atoms with Crippen LogP contribution in [0.3, 0.4) is 0 Å². The first-order valence-electron chi connectivity index (χ1n) is 7.79. The summed E-state index contributed by atoms with van der Waals surface area (Å²) in [5.74, 6) is 1.44. The Bertz CT molecular complexity index is 673. The average molecular weight is 312 g/mol. The lowest BCUT2D eigenvalue weighted by Crippen LogP contribution is -2.30. The van der Waals surface area contributed by atoms with Crippen molar-refractivity contribution in [2.75, 3.05) is 13.1 Å². The van der Waals surface area contributed by atoms with E-state index in [2.05, 4.69) is 4.98 Å². The van der Waals surface area contributed by atoms with E-state index in [1.165, 1.54) is 0 Å². The van der Waals surface area contributed by atoms with Crippen molar-refractivity contribution in [3.8, 4) is 11.5 Å². The first kappa shape index (κ1) is 15.5. The number of ether oxygens (including phenoxy) is 1. The van der Waals surface area contributed by atoms with E-state index in [4.69, 9.17) is 4.74 Å². The third-order valence-corrected chi connectivity index (χ3v) is 4.16. The molecule has 2 atom stereocenters. The van der Waals surface area contributed by atoms with Crippen molar-refractivity contribution in [3.05, 3.63) is 54.4 Å². The van der Waals surface area contributed by atoms with E-state index in [-0.39, 0.29) is 17.9 Å². The molecule has 2 heterocycles. The summed E-state index contributed by atoms with van der Waals surface area (Å²) in [6.45, 7) is 3.07. The molecule has 0 bridgehead atoms. The number of likely N-dealkylation sites (tertiary alicyclic amines) is 1. The van der Waals surface area contributed by atoms with Gasteiger partial charge in [0.05, 0.1) is 6.10 Å². The number of aromatic nitrogens is 1. The Morgan fingerprint density at radius 1 is 1.30 bits per heavy atom. The molecule has 1 N–H and O–H groups in total. The Labute approximate surface area is 135 Å². The quantitative estimate of drug-likeness (QED) is 0.943. The molecule has 120 valence electrons. The summed E-state index contributed by atoms with van der Waals surface area (Å²) in [4.78, 5) is 18.3. The van der Waals surface area contributed by atoms with Crippen LogP contribution in [0.2, 0.25) is 0 Å². The molecule has 1 amide bonds. The van der Waals surface area contributed by atoms with Crippen LogP contribution in [0.25, 0.3) is 0 Å². The highest BCUT2D eigenvalue weighted by molar-refractivity contribution is 5.94. The highest BCUT2D eigenvalue weighted by Gasteiger charge is 2.29. The van der Waals surface area contributed by atoms with Gasteiger partial charge in [-0.3, -0.25) is 9.78 Å². The SMILES string of the molecule is CC(O)C1CCN(C(=O)c2cccc(Oc3ccncc3)c2)C1. The van der Waals surface area contributed by atoms with Crippen LogP contribution in [0.1, 0.15) is 23.7 Å². The standard InChI is InChI=1S/C18H20N2O3/c1-13(21)15-7-10-20(12-15)18(22)14-3-2-4-17(11-14)23-16-5-8-19-9-6-16/h2-6,8-9,11,13,15,21H,7,10,12H2,1H3. The first-order chi connectivity index (χ1) is 11.1. The van der Waals surface area contributed by atoms with Gasteiger partial charge in [-0.05, 0) is 43.7 Å². The van der Waals surface area contributed by atoms with E-state index in [1.807, 2.05) is 12.1 Å². The molecule has 1 aromatic carbocycles. The van der Waals surface area contributed by atoms with E-state index in [1.54, 1.807) is 48.5 Å². The number of hydrogen-bond donors (Lipinski definition) is 1. The summed E-state index contributed by atoms with van der Waals surface area (Å²) in [7, 11) is 0. The van der Waals surface area contributed by atoms with Gasteiger partial charge in [-0.25, -0.2) is 0 Å². The number of nitrogens with zero attached hydrogens (tertiary/aromatic N) is 2. The number of hydrogen-bond acceptors (Lipinski definition) is 4. The van der Waals surface area contributed by atoms with Gasteiger partial charge in [-0.15, -0.1) is 0 Å². The minimum atomic E-state index is -0.380. The Morgan fingerprint density at radius 2 is 2.09 bits per heavy atom. The second kappa shape index (κ2) is 6.79. The van der Waals surface area contributed by atoms with Crippen LogP contribution in [0.5, 0.6) is 11.5 Å². The van der Waals surface area contributed by atoms with E-state index in [0.29, 0.717) is 30.2 Å². The Balaban J connectivity index is 1.71. The zero-order valence-electron chi connectivity index (χ0n) is 13.1. The molecule has 1 fully saturated rings. The molecule has 5 nitrogen and oxygen atoms in total. The summed E-state index contributed by atoms with van der Waals surface area (Å²) >= 11 is 0. The average Bonchev–Trinajstić information content (AvgIpc) is 3.06. The summed E-state index contributed by atoms with van der Waals surface area (Å²) in [5.41, 5.74) is 0.600. The summed E-state index contributed by atoms with van der Waals surface area (Å²) in [6, 6.07) is 10.7. The highest BCUT2D eigenvalue weighted by atomic mass is 16.5. The van der Waals surface area contributed by atoms with Crippen LogP contribution in [-0.4, -0.2) is 40.1 Å². The molecule has 0 spiro atoms. The zero-order chi connectivity index (χ0) is 16.2. The van der Waals surface area contributed by atoms with Crippen LogP contribution >= 0.6 is 0 Å². The van der Waals surface area contributed by atoms with Gasteiger partial charge in [0, 0.05) is 37.0 Å². The highest BCUT2D eigenvalue weighted by Crippen LogP contribution is 2.25. The second-order valence-electron chi connectivity index (χ2n) is 5.85. The van der Waals surface area contributed by atoms with Crippen molar-refractivity contribution < 1.29 is 14.6 Å². The molecule has 3 rings (SSSR count). The van der Waals surface area contributed by atoms with Gasteiger partial charge in [0.15, 0.2) is 0 Å². The van der Waals surface area contributed by atoms with Crippen molar-refractivity contribution >= 4 is 5.91 Å². The lowest BCUT2D eigenvalue weighted by Gasteiger charge is -2.18. The van der Waals surface area contributed by atoms with Crippen LogP contribution in [-0.2, 0) is 0 Å². The summed E-state index contributed by atoms with van der Waals surface area (Å²) in [5, 5.41) is 9.67. The molecular weight excluding hydrogens is 292 g/mol. The van der Waals surface area contributed by atoms with E-state index in [9.17, 15) is 9.90 Å². The van der Waals surface area contributed by atoms with Crippen molar-refractivity contribution in [2.45, 2.75) is 19.4 Å². The van der Waals surface area contributed by atoms with E-state index < -0.39 is 0 Å². The fraction of sp³-hybridized carbons (Fsp3) is 0.333. The molecule has 1 aliphatic rings.